The fourth-order valence-corrected chi connectivity index (χ4v) is 3.58. The Morgan fingerprint density at radius 2 is 1.93 bits per heavy atom. The summed E-state index contributed by atoms with van der Waals surface area (Å²) in [7, 11) is -3.36. The molecule has 6 nitrogen and oxygen atoms in total. The van der Waals surface area contributed by atoms with Gasteiger partial charge in [0.05, 0.1) is 23.0 Å². The summed E-state index contributed by atoms with van der Waals surface area (Å²) >= 11 is 5.74. The SMILES string of the molecule is CC(=O)N1N=C(c2ccc(NS(C)(=O)=O)cc2)C[C@H]1c1ccc(Cl)c(F)c1. The standard InChI is InChI=1S/C18H17ClFN3O3S/c1-11(24)23-18(13-5-8-15(19)16(20)9-13)10-17(21-23)12-3-6-14(7-4-12)22-27(2,25)26/h3-9,18,22H,10H2,1-2H3/t18-/m0/s1. The number of hydrazone groups is 1. The predicted octanol–water partition coefficient (Wildman–Crippen LogP) is 3.55. The van der Waals surface area contributed by atoms with Gasteiger partial charge < -0.3 is 0 Å². The van der Waals surface area contributed by atoms with Crippen LogP contribution in [0.15, 0.2) is 47.6 Å². The number of carbonyl (C=O) groups is 1. The molecule has 1 heterocycles. The molecule has 1 aliphatic rings. The van der Waals surface area contributed by atoms with Crippen LogP contribution in [0.4, 0.5) is 10.1 Å². The number of carbonyl (C=O) groups excluding carboxylic acids is 1. The van der Waals surface area contributed by atoms with Crippen molar-refractivity contribution in [2.75, 3.05) is 11.0 Å². The number of amides is 1. The van der Waals surface area contributed by atoms with Crippen LogP contribution in [-0.4, -0.2) is 31.3 Å². The van der Waals surface area contributed by atoms with E-state index in [2.05, 4.69) is 9.82 Å². The molecule has 1 aliphatic heterocycles. The smallest absolute Gasteiger partial charge is 0.240 e. The summed E-state index contributed by atoms with van der Waals surface area (Å²) in [5, 5.41) is 5.71. The van der Waals surface area contributed by atoms with Crippen molar-refractivity contribution in [3.05, 3.63) is 64.4 Å². The van der Waals surface area contributed by atoms with Crippen LogP contribution in [0.3, 0.4) is 0 Å². The largest absolute Gasteiger partial charge is 0.284 e. The molecular formula is C18H17ClFN3O3S. The maximum atomic E-state index is 13.8. The topological polar surface area (TPSA) is 78.8 Å². The summed E-state index contributed by atoms with van der Waals surface area (Å²) in [4.78, 5) is 12.0. The number of rotatable bonds is 4. The first-order valence-corrected chi connectivity index (χ1v) is 10.3. The lowest BCUT2D eigenvalue weighted by atomic mass is 9.98. The molecule has 9 heteroatoms. The molecule has 0 fully saturated rings. The van der Waals surface area contributed by atoms with Crippen LogP contribution < -0.4 is 4.72 Å². The van der Waals surface area contributed by atoms with E-state index < -0.39 is 21.9 Å². The van der Waals surface area contributed by atoms with Gasteiger partial charge in [-0.1, -0.05) is 29.8 Å². The predicted molar refractivity (Wildman–Crippen MR) is 103 cm³/mol. The Bertz CT molecular complexity index is 1020. The van der Waals surface area contributed by atoms with Crippen LogP contribution >= 0.6 is 11.6 Å². The molecule has 1 N–H and O–H groups in total. The number of anilines is 1. The Labute approximate surface area is 161 Å². The van der Waals surface area contributed by atoms with Gasteiger partial charge >= 0.3 is 0 Å². The van der Waals surface area contributed by atoms with Crippen molar-refractivity contribution in [1.29, 1.82) is 0 Å². The fourth-order valence-electron chi connectivity index (χ4n) is 2.90. The zero-order valence-electron chi connectivity index (χ0n) is 14.6. The van der Waals surface area contributed by atoms with Gasteiger partial charge in [-0.2, -0.15) is 5.10 Å². The highest BCUT2D eigenvalue weighted by molar-refractivity contribution is 7.92. The van der Waals surface area contributed by atoms with E-state index in [9.17, 15) is 17.6 Å². The maximum Gasteiger partial charge on any atom is 0.240 e. The van der Waals surface area contributed by atoms with Crippen LogP contribution in [0.2, 0.25) is 5.02 Å². The summed E-state index contributed by atoms with van der Waals surface area (Å²) in [6.45, 7) is 1.39. The Balaban J connectivity index is 1.87. The lowest BCUT2D eigenvalue weighted by molar-refractivity contribution is -0.130. The van der Waals surface area contributed by atoms with Gasteiger partial charge in [-0.15, -0.1) is 0 Å². The Kier molecular flexibility index (Phi) is 5.21. The van der Waals surface area contributed by atoms with Crippen LogP contribution in [0.5, 0.6) is 0 Å². The number of hydrogen-bond donors (Lipinski definition) is 1. The summed E-state index contributed by atoms with van der Waals surface area (Å²) < 4.78 is 38.8. The van der Waals surface area contributed by atoms with Gasteiger partial charge in [0, 0.05) is 19.0 Å². The van der Waals surface area contributed by atoms with Crippen LogP contribution in [0.25, 0.3) is 0 Å². The van der Waals surface area contributed by atoms with Crippen molar-refractivity contribution in [2.24, 2.45) is 5.10 Å². The molecule has 1 atom stereocenters. The van der Waals surface area contributed by atoms with E-state index in [0.717, 1.165) is 11.8 Å². The third kappa shape index (κ3) is 4.45. The lowest BCUT2D eigenvalue weighted by Crippen LogP contribution is -2.24. The average molecular weight is 410 g/mol. The summed E-state index contributed by atoms with van der Waals surface area (Å²) in [6, 6.07) is 10.7. The summed E-state index contributed by atoms with van der Waals surface area (Å²) in [5.74, 6) is -0.817. The quantitative estimate of drug-likeness (QED) is 0.838. The molecule has 0 spiro atoms. The second kappa shape index (κ2) is 7.28. The molecular weight excluding hydrogens is 393 g/mol. The molecule has 0 radical (unpaired) electrons. The van der Waals surface area contributed by atoms with Gasteiger partial charge in [0.25, 0.3) is 0 Å². The monoisotopic (exact) mass is 409 g/mol. The first kappa shape index (κ1) is 19.3. The molecule has 0 aliphatic carbocycles. The van der Waals surface area contributed by atoms with Gasteiger partial charge in [-0.3, -0.25) is 9.52 Å². The number of sulfonamides is 1. The average Bonchev–Trinajstić information content (AvgIpc) is 3.02. The summed E-state index contributed by atoms with van der Waals surface area (Å²) in [5.41, 5.74) is 2.43. The number of nitrogens with one attached hydrogen (secondary N) is 1. The molecule has 142 valence electrons. The molecule has 0 bridgehead atoms. The van der Waals surface area contributed by atoms with Crippen LogP contribution in [-0.2, 0) is 14.8 Å². The third-order valence-corrected chi connectivity index (χ3v) is 5.00. The maximum absolute atomic E-state index is 13.8. The summed E-state index contributed by atoms with van der Waals surface area (Å²) in [6.07, 6.45) is 1.47. The minimum atomic E-state index is -3.36. The van der Waals surface area contributed by atoms with Crippen molar-refractivity contribution >= 4 is 38.9 Å². The molecule has 3 rings (SSSR count). The number of halogens is 2. The molecule has 0 aromatic heterocycles. The molecule has 2 aromatic rings. The molecule has 0 saturated carbocycles. The molecule has 0 unspecified atom stereocenters. The normalized spacial score (nSPS) is 17.0. The Hall–Kier alpha value is -2.45. The number of hydrogen-bond acceptors (Lipinski definition) is 4. The van der Waals surface area contributed by atoms with E-state index in [1.54, 1.807) is 30.3 Å². The van der Waals surface area contributed by atoms with E-state index in [1.165, 1.54) is 24.1 Å². The van der Waals surface area contributed by atoms with E-state index in [4.69, 9.17) is 11.6 Å². The second-order valence-electron chi connectivity index (χ2n) is 6.26. The van der Waals surface area contributed by atoms with Crippen molar-refractivity contribution in [3.63, 3.8) is 0 Å². The van der Waals surface area contributed by atoms with E-state index in [0.29, 0.717) is 23.4 Å². The van der Waals surface area contributed by atoms with E-state index >= 15 is 0 Å². The van der Waals surface area contributed by atoms with Gasteiger partial charge in [0.2, 0.25) is 15.9 Å². The van der Waals surface area contributed by atoms with Gasteiger partial charge in [-0.25, -0.2) is 17.8 Å². The third-order valence-electron chi connectivity index (χ3n) is 4.08. The van der Waals surface area contributed by atoms with Crippen LogP contribution in [0.1, 0.15) is 30.5 Å². The van der Waals surface area contributed by atoms with Crippen molar-refractivity contribution in [1.82, 2.24) is 5.01 Å². The highest BCUT2D eigenvalue weighted by Crippen LogP contribution is 2.34. The number of nitrogens with zero attached hydrogens (tertiary/aromatic N) is 2. The van der Waals surface area contributed by atoms with Gasteiger partial charge in [0.1, 0.15) is 5.82 Å². The molecule has 27 heavy (non-hydrogen) atoms. The fraction of sp³-hybridized carbons (Fsp3) is 0.222. The Morgan fingerprint density at radius 3 is 2.48 bits per heavy atom. The zero-order valence-corrected chi connectivity index (χ0v) is 16.2. The first-order valence-electron chi connectivity index (χ1n) is 8.04. The molecule has 0 saturated heterocycles. The minimum Gasteiger partial charge on any atom is -0.284 e. The van der Waals surface area contributed by atoms with Crippen molar-refractivity contribution in [2.45, 2.75) is 19.4 Å². The zero-order chi connectivity index (χ0) is 19.8. The van der Waals surface area contributed by atoms with Gasteiger partial charge in [0.15, 0.2) is 0 Å². The minimum absolute atomic E-state index is 0.0150. The van der Waals surface area contributed by atoms with E-state index in [-0.39, 0.29) is 10.9 Å². The molecule has 1 amide bonds. The molecule has 2 aromatic carbocycles. The van der Waals surface area contributed by atoms with Crippen molar-refractivity contribution < 1.29 is 17.6 Å². The van der Waals surface area contributed by atoms with Crippen molar-refractivity contribution in [3.8, 4) is 0 Å². The highest BCUT2D eigenvalue weighted by atomic mass is 35.5. The first-order chi connectivity index (χ1) is 12.6. The second-order valence-corrected chi connectivity index (χ2v) is 8.41. The number of benzene rings is 2. The van der Waals surface area contributed by atoms with Crippen LogP contribution in [0, 0.1) is 5.82 Å². The van der Waals surface area contributed by atoms with E-state index in [1.807, 2.05) is 0 Å². The Morgan fingerprint density at radius 1 is 1.26 bits per heavy atom. The van der Waals surface area contributed by atoms with Gasteiger partial charge in [-0.05, 0) is 35.4 Å². The lowest BCUT2D eigenvalue weighted by Gasteiger charge is -2.20. The highest BCUT2D eigenvalue weighted by Gasteiger charge is 2.31.